The first-order valence-corrected chi connectivity index (χ1v) is 3.74. The fourth-order valence-corrected chi connectivity index (χ4v) is 0.854. The molecule has 0 aliphatic rings. The molecule has 13 heavy (non-hydrogen) atoms. The van der Waals surface area contributed by atoms with Crippen molar-refractivity contribution in [1.82, 2.24) is 15.3 Å². The van der Waals surface area contributed by atoms with Gasteiger partial charge in [0.1, 0.15) is 0 Å². The number of nitrogen functional groups attached to an aromatic ring is 2. The lowest BCUT2D eigenvalue weighted by Gasteiger charge is -2.03. The summed E-state index contributed by atoms with van der Waals surface area (Å²) in [6.45, 7) is 0. The lowest BCUT2D eigenvalue weighted by atomic mass is 10.4. The van der Waals surface area contributed by atoms with Crippen LogP contribution >= 0.6 is 11.6 Å². The maximum Gasteiger partial charge on any atom is 0.273 e. The minimum Gasteiger partial charge on any atom is -0.382 e. The smallest absolute Gasteiger partial charge is 0.273 e. The number of hydrogen-bond donors (Lipinski definition) is 3. The number of anilines is 2. The van der Waals surface area contributed by atoms with Crippen LogP contribution in [0.1, 0.15) is 10.5 Å². The molecule has 1 rings (SSSR count). The zero-order chi connectivity index (χ0) is 10.0. The van der Waals surface area contributed by atoms with Crippen molar-refractivity contribution in [2.45, 2.75) is 0 Å². The Morgan fingerprint density at radius 3 is 2.54 bits per heavy atom. The van der Waals surface area contributed by atoms with Crippen LogP contribution in [-0.2, 0) is 0 Å². The van der Waals surface area contributed by atoms with Gasteiger partial charge in [-0.3, -0.25) is 4.79 Å². The van der Waals surface area contributed by atoms with Crippen LogP contribution in [0.2, 0.25) is 5.15 Å². The number of aromatic nitrogens is 2. The highest BCUT2D eigenvalue weighted by atomic mass is 35.5. The molecule has 1 amide bonds. The van der Waals surface area contributed by atoms with Crippen LogP contribution < -0.4 is 16.8 Å². The van der Waals surface area contributed by atoms with Crippen molar-refractivity contribution in [3.8, 4) is 0 Å². The van der Waals surface area contributed by atoms with Crippen molar-refractivity contribution in [3.05, 3.63) is 10.8 Å². The summed E-state index contributed by atoms with van der Waals surface area (Å²) in [6, 6.07) is 0. The molecule has 1 heterocycles. The Morgan fingerprint density at radius 2 is 2.00 bits per heavy atom. The van der Waals surface area contributed by atoms with Crippen LogP contribution in [0.5, 0.6) is 0 Å². The number of carbonyl (C=O) groups excluding carboxylic acids is 1. The second-order valence-electron chi connectivity index (χ2n) is 2.21. The molecule has 0 saturated heterocycles. The molecule has 0 spiro atoms. The predicted molar refractivity (Wildman–Crippen MR) is 49.3 cm³/mol. The molecular weight excluding hydrogens is 194 g/mol. The summed E-state index contributed by atoms with van der Waals surface area (Å²) in [5, 5.41) is 2.31. The largest absolute Gasteiger partial charge is 0.382 e. The highest BCUT2D eigenvalue weighted by Gasteiger charge is 2.13. The van der Waals surface area contributed by atoms with Crippen LogP contribution in [0.15, 0.2) is 0 Å². The highest BCUT2D eigenvalue weighted by molar-refractivity contribution is 6.31. The SMILES string of the molecule is CNC(=O)c1nc(Cl)c(N)nc1N. The molecule has 0 aromatic carbocycles. The first-order valence-electron chi connectivity index (χ1n) is 3.36. The van der Waals surface area contributed by atoms with Crippen molar-refractivity contribution < 1.29 is 4.79 Å². The molecule has 7 heteroatoms. The number of rotatable bonds is 1. The van der Waals surface area contributed by atoms with Gasteiger partial charge in [-0.2, -0.15) is 0 Å². The monoisotopic (exact) mass is 201 g/mol. The maximum atomic E-state index is 11.1. The van der Waals surface area contributed by atoms with Gasteiger partial charge in [-0.25, -0.2) is 9.97 Å². The van der Waals surface area contributed by atoms with Crippen LogP contribution in [0.25, 0.3) is 0 Å². The average molecular weight is 202 g/mol. The fraction of sp³-hybridized carbons (Fsp3) is 0.167. The lowest BCUT2D eigenvalue weighted by molar-refractivity contribution is 0.0959. The van der Waals surface area contributed by atoms with E-state index in [1.807, 2.05) is 0 Å². The molecule has 0 saturated carbocycles. The summed E-state index contributed by atoms with van der Waals surface area (Å²) in [6.07, 6.45) is 0. The summed E-state index contributed by atoms with van der Waals surface area (Å²) in [5.74, 6) is -0.486. The van der Waals surface area contributed by atoms with Gasteiger partial charge in [0.2, 0.25) is 0 Å². The quantitative estimate of drug-likeness (QED) is 0.576. The van der Waals surface area contributed by atoms with E-state index in [2.05, 4.69) is 15.3 Å². The Balaban J connectivity index is 3.23. The molecule has 5 N–H and O–H groups in total. The summed E-state index contributed by atoms with van der Waals surface area (Å²) in [5.41, 5.74) is 10.7. The first kappa shape index (κ1) is 9.53. The number of amides is 1. The number of nitrogens with one attached hydrogen (secondary N) is 1. The number of halogens is 1. The first-order chi connectivity index (χ1) is 6.06. The normalized spacial score (nSPS) is 9.69. The molecule has 1 aromatic heterocycles. The van der Waals surface area contributed by atoms with Crippen LogP contribution in [-0.4, -0.2) is 22.9 Å². The third kappa shape index (κ3) is 1.78. The van der Waals surface area contributed by atoms with Crippen molar-refractivity contribution in [1.29, 1.82) is 0 Å². The molecule has 0 unspecified atom stereocenters. The van der Waals surface area contributed by atoms with Crippen LogP contribution in [0, 0.1) is 0 Å². The molecule has 70 valence electrons. The molecule has 1 aromatic rings. The highest BCUT2D eigenvalue weighted by Crippen LogP contribution is 2.16. The van der Waals surface area contributed by atoms with Gasteiger partial charge in [0.25, 0.3) is 5.91 Å². The van der Waals surface area contributed by atoms with Gasteiger partial charge in [0.15, 0.2) is 22.5 Å². The summed E-state index contributed by atoms with van der Waals surface area (Å²) < 4.78 is 0. The van der Waals surface area contributed by atoms with Gasteiger partial charge in [0.05, 0.1) is 0 Å². The third-order valence-electron chi connectivity index (χ3n) is 1.35. The van der Waals surface area contributed by atoms with E-state index in [1.165, 1.54) is 7.05 Å². The molecule has 0 aliphatic carbocycles. The van der Waals surface area contributed by atoms with Crippen molar-refractivity contribution >= 4 is 29.1 Å². The summed E-state index contributed by atoms with van der Waals surface area (Å²) in [4.78, 5) is 18.4. The molecule has 0 bridgehead atoms. The second kappa shape index (κ2) is 3.44. The average Bonchev–Trinajstić information content (AvgIpc) is 2.10. The van der Waals surface area contributed by atoms with E-state index in [0.29, 0.717) is 0 Å². The standard InChI is InChI=1S/C6H8ClN5O/c1-10-6(13)2-4(8)12-5(9)3(7)11-2/h1H3,(H,10,13)(H4,8,9,12). The van der Waals surface area contributed by atoms with Crippen LogP contribution in [0.3, 0.4) is 0 Å². The molecule has 6 nitrogen and oxygen atoms in total. The fourth-order valence-electron chi connectivity index (χ4n) is 0.727. The molecule has 0 radical (unpaired) electrons. The van der Waals surface area contributed by atoms with Gasteiger partial charge in [0, 0.05) is 7.05 Å². The Bertz CT molecular complexity index is 353. The Labute approximate surface area is 79.3 Å². The zero-order valence-corrected chi connectivity index (χ0v) is 7.59. The summed E-state index contributed by atoms with van der Waals surface area (Å²) >= 11 is 5.55. The van der Waals surface area contributed by atoms with E-state index in [0.717, 1.165) is 0 Å². The molecule has 0 fully saturated rings. The van der Waals surface area contributed by atoms with E-state index in [4.69, 9.17) is 23.1 Å². The zero-order valence-electron chi connectivity index (χ0n) is 6.84. The Hall–Kier alpha value is -1.56. The maximum absolute atomic E-state index is 11.1. The van der Waals surface area contributed by atoms with E-state index in [1.54, 1.807) is 0 Å². The van der Waals surface area contributed by atoms with Crippen molar-refractivity contribution in [2.75, 3.05) is 18.5 Å². The second-order valence-corrected chi connectivity index (χ2v) is 2.57. The molecular formula is C6H8ClN5O. The van der Waals surface area contributed by atoms with E-state index in [9.17, 15) is 4.79 Å². The van der Waals surface area contributed by atoms with Gasteiger partial charge in [-0.15, -0.1) is 0 Å². The Morgan fingerprint density at radius 1 is 1.38 bits per heavy atom. The van der Waals surface area contributed by atoms with Gasteiger partial charge in [-0.1, -0.05) is 11.6 Å². The van der Waals surface area contributed by atoms with Gasteiger partial charge in [-0.05, 0) is 0 Å². The lowest BCUT2D eigenvalue weighted by Crippen LogP contribution is -2.22. The minimum absolute atomic E-state index is 0.00631. The van der Waals surface area contributed by atoms with Gasteiger partial charge >= 0.3 is 0 Å². The van der Waals surface area contributed by atoms with Crippen molar-refractivity contribution in [2.24, 2.45) is 0 Å². The summed E-state index contributed by atoms with van der Waals surface area (Å²) in [7, 11) is 1.45. The van der Waals surface area contributed by atoms with E-state index >= 15 is 0 Å². The molecule has 0 atom stereocenters. The topological polar surface area (TPSA) is 107 Å². The number of hydrogen-bond acceptors (Lipinski definition) is 5. The molecule has 0 aliphatic heterocycles. The van der Waals surface area contributed by atoms with E-state index in [-0.39, 0.29) is 22.5 Å². The van der Waals surface area contributed by atoms with Gasteiger partial charge < -0.3 is 16.8 Å². The van der Waals surface area contributed by atoms with Crippen LogP contribution in [0.4, 0.5) is 11.6 Å². The number of carbonyl (C=O) groups is 1. The van der Waals surface area contributed by atoms with E-state index < -0.39 is 5.91 Å². The minimum atomic E-state index is -0.452. The number of nitrogens with two attached hydrogens (primary N) is 2. The number of nitrogens with zero attached hydrogens (tertiary/aromatic N) is 2. The van der Waals surface area contributed by atoms with Crippen molar-refractivity contribution in [3.63, 3.8) is 0 Å². The Kier molecular flexibility index (Phi) is 2.52. The predicted octanol–water partition coefficient (Wildman–Crippen LogP) is -0.346. The third-order valence-corrected chi connectivity index (χ3v) is 1.63.